The maximum Gasteiger partial charge on any atom is 0.389 e. The van der Waals surface area contributed by atoms with Gasteiger partial charge in [0, 0.05) is 6.42 Å². The van der Waals surface area contributed by atoms with E-state index in [1.807, 2.05) is 6.92 Å². The predicted molar refractivity (Wildman–Crippen MR) is 52.5 cm³/mol. The van der Waals surface area contributed by atoms with Gasteiger partial charge in [-0.1, -0.05) is 19.8 Å². The Morgan fingerprint density at radius 2 is 1.80 bits per heavy atom. The fourth-order valence-electron chi connectivity index (χ4n) is 2.61. The van der Waals surface area contributed by atoms with Crippen LogP contribution in [0.1, 0.15) is 51.9 Å². The first-order valence-corrected chi connectivity index (χ1v) is 5.64. The van der Waals surface area contributed by atoms with E-state index < -0.39 is 18.7 Å². The highest BCUT2D eigenvalue weighted by molar-refractivity contribution is 4.89. The number of aliphatic hydroxyl groups excluding tert-OH is 1. The third-order valence-electron chi connectivity index (χ3n) is 3.71. The van der Waals surface area contributed by atoms with Gasteiger partial charge in [0.2, 0.25) is 0 Å². The van der Waals surface area contributed by atoms with Gasteiger partial charge < -0.3 is 5.11 Å². The van der Waals surface area contributed by atoms with Gasteiger partial charge in [0.15, 0.2) is 0 Å². The average molecular weight is 224 g/mol. The minimum absolute atomic E-state index is 0.142. The summed E-state index contributed by atoms with van der Waals surface area (Å²) in [5, 5.41) is 9.86. The first kappa shape index (κ1) is 12.8. The standard InChI is InChI=1S/C11H19F3O/c1-2-10(6-3-4-7-10)9(15)5-8-11(12,13)14/h9,15H,2-8H2,1H3. The Bertz CT molecular complexity index is 194. The van der Waals surface area contributed by atoms with Crippen molar-refractivity contribution in [1.82, 2.24) is 0 Å². The Morgan fingerprint density at radius 1 is 1.27 bits per heavy atom. The first-order valence-electron chi connectivity index (χ1n) is 5.64. The molecule has 0 saturated heterocycles. The second-order valence-corrected chi connectivity index (χ2v) is 4.59. The van der Waals surface area contributed by atoms with Gasteiger partial charge in [-0.05, 0) is 31.1 Å². The van der Waals surface area contributed by atoms with Crippen molar-refractivity contribution < 1.29 is 18.3 Å². The molecule has 1 aliphatic carbocycles. The van der Waals surface area contributed by atoms with Gasteiger partial charge in [0.1, 0.15) is 0 Å². The van der Waals surface area contributed by atoms with E-state index in [4.69, 9.17) is 0 Å². The quantitative estimate of drug-likeness (QED) is 0.772. The van der Waals surface area contributed by atoms with Crippen LogP contribution in [0.2, 0.25) is 0 Å². The highest BCUT2D eigenvalue weighted by Crippen LogP contribution is 2.45. The molecule has 1 fully saturated rings. The summed E-state index contributed by atoms with van der Waals surface area (Å²) in [4.78, 5) is 0. The highest BCUT2D eigenvalue weighted by Gasteiger charge is 2.40. The van der Waals surface area contributed by atoms with Crippen LogP contribution in [-0.2, 0) is 0 Å². The van der Waals surface area contributed by atoms with Crippen molar-refractivity contribution in [3.05, 3.63) is 0 Å². The van der Waals surface area contributed by atoms with E-state index in [0.717, 1.165) is 32.1 Å². The lowest BCUT2D eigenvalue weighted by Gasteiger charge is -2.33. The summed E-state index contributed by atoms with van der Waals surface area (Å²) >= 11 is 0. The molecular weight excluding hydrogens is 205 g/mol. The van der Waals surface area contributed by atoms with Gasteiger partial charge in [-0.25, -0.2) is 0 Å². The number of alkyl halides is 3. The molecule has 90 valence electrons. The minimum Gasteiger partial charge on any atom is -0.393 e. The largest absolute Gasteiger partial charge is 0.393 e. The number of halogens is 3. The normalized spacial score (nSPS) is 23.0. The molecule has 0 heterocycles. The van der Waals surface area contributed by atoms with Crippen LogP contribution in [0.25, 0.3) is 0 Å². The Labute approximate surface area is 88.7 Å². The number of rotatable bonds is 4. The van der Waals surface area contributed by atoms with Crippen molar-refractivity contribution in [3.8, 4) is 0 Å². The van der Waals surface area contributed by atoms with E-state index in [2.05, 4.69) is 0 Å². The molecule has 0 aromatic carbocycles. The second kappa shape index (κ2) is 4.73. The predicted octanol–water partition coefficient (Wildman–Crippen LogP) is 3.66. The molecule has 0 bridgehead atoms. The smallest absolute Gasteiger partial charge is 0.389 e. The maximum atomic E-state index is 12.0. The van der Waals surface area contributed by atoms with Gasteiger partial charge in [-0.15, -0.1) is 0 Å². The van der Waals surface area contributed by atoms with Gasteiger partial charge in [-0.3, -0.25) is 0 Å². The van der Waals surface area contributed by atoms with E-state index in [1.165, 1.54) is 0 Å². The minimum atomic E-state index is -4.14. The van der Waals surface area contributed by atoms with Crippen molar-refractivity contribution in [1.29, 1.82) is 0 Å². The van der Waals surface area contributed by atoms with Crippen molar-refractivity contribution in [3.63, 3.8) is 0 Å². The first-order chi connectivity index (χ1) is 6.90. The monoisotopic (exact) mass is 224 g/mol. The van der Waals surface area contributed by atoms with Crippen LogP contribution in [0.5, 0.6) is 0 Å². The van der Waals surface area contributed by atoms with Crippen LogP contribution in [0, 0.1) is 5.41 Å². The third-order valence-corrected chi connectivity index (χ3v) is 3.71. The van der Waals surface area contributed by atoms with E-state index in [1.54, 1.807) is 0 Å². The van der Waals surface area contributed by atoms with Gasteiger partial charge in [0.25, 0.3) is 0 Å². The second-order valence-electron chi connectivity index (χ2n) is 4.59. The average Bonchev–Trinajstić information content (AvgIpc) is 2.62. The fourth-order valence-corrected chi connectivity index (χ4v) is 2.61. The van der Waals surface area contributed by atoms with E-state index in [9.17, 15) is 18.3 Å². The molecule has 1 atom stereocenters. The third kappa shape index (κ3) is 3.37. The van der Waals surface area contributed by atoms with Crippen LogP contribution in [-0.4, -0.2) is 17.4 Å². The summed E-state index contributed by atoms with van der Waals surface area (Å²) in [5.41, 5.74) is -0.231. The van der Waals surface area contributed by atoms with Crippen molar-refractivity contribution in [2.24, 2.45) is 5.41 Å². The number of aliphatic hydroxyl groups is 1. The molecule has 1 aliphatic rings. The van der Waals surface area contributed by atoms with Crippen LogP contribution in [0.15, 0.2) is 0 Å². The van der Waals surface area contributed by atoms with E-state index >= 15 is 0 Å². The molecular formula is C11H19F3O. The Kier molecular flexibility index (Phi) is 4.04. The van der Waals surface area contributed by atoms with Crippen LogP contribution >= 0.6 is 0 Å². The molecule has 1 N–H and O–H groups in total. The SMILES string of the molecule is CCC1(C(O)CCC(F)(F)F)CCCC1. The van der Waals surface area contributed by atoms with Crippen LogP contribution in [0.4, 0.5) is 13.2 Å². The fraction of sp³-hybridized carbons (Fsp3) is 1.00. The van der Waals surface area contributed by atoms with Crippen LogP contribution in [0.3, 0.4) is 0 Å². The summed E-state index contributed by atoms with van der Waals surface area (Å²) in [6, 6.07) is 0. The van der Waals surface area contributed by atoms with Crippen molar-refractivity contribution in [2.45, 2.75) is 64.1 Å². The Hall–Kier alpha value is -0.250. The Morgan fingerprint density at radius 3 is 2.20 bits per heavy atom. The summed E-state index contributed by atoms with van der Waals surface area (Å²) in [7, 11) is 0. The topological polar surface area (TPSA) is 20.2 Å². The Balaban J connectivity index is 2.47. The number of hydrogen-bond acceptors (Lipinski definition) is 1. The maximum absolute atomic E-state index is 12.0. The van der Waals surface area contributed by atoms with Gasteiger partial charge in [0.05, 0.1) is 6.10 Å². The lowest BCUT2D eigenvalue weighted by Crippen LogP contribution is -2.33. The lowest BCUT2D eigenvalue weighted by atomic mass is 9.76. The molecule has 0 amide bonds. The van der Waals surface area contributed by atoms with Gasteiger partial charge in [-0.2, -0.15) is 13.2 Å². The molecule has 0 radical (unpaired) electrons. The lowest BCUT2D eigenvalue weighted by molar-refractivity contribution is -0.144. The molecule has 0 aromatic rings. The molecule has 1 rings (SSSR count). The van der Waals surface area contributed by atoms with Crippen molar-refractivity contribution >= 4 is 0 Å². The zero-order valence-electron chi connectivity index (χ0n) is 9.11. The summed E-state index contributed by atoms with van der Waals surface area (Å²) < 4.78 is 36.1. The zero-order chi connectivity index (χ0) is 11.5. The van der Waals surface area contributed by atoms with Gasteiger partial charge >= 0.3 is 6.18 Å². The molecule has 0 aromatic heterocycles. The molecule has 1 saturated carbocycles. The molecule has 15 heavy (non-hydrogen) atoms. The van der Waals surface area contributed by atoms with E-state index in [-0.39, 0.29) is 11.8 Å². The van der Waals surface area contributed by atoms with E-state index in [0.29, 0.717) is 0 Å². The molecule has 0 aliphatic heterocycles. The van der Waals surface area contributed by atoms with Crippen LogP contribution < -0.4 is 0 Å². The zero-order valence-corrected chi connectivity index (χ0v) is 9.11. The summed E-state index contributed by atoms with van der Waals surface area (Å²) in [5.74, 6) is 0. The highest BCUT2D eigenvalue weighted by atomic mass is 19.4. The summed E-state index contributed by atoms with van der Waals surface area (Å²) in [6.07, 6.45) is -1.32. The molecule has 4 heteroatoms. The molecule has 0 spiro atoms. The number of hydrogen-bond donors (Lipinski definition) is 1. The molecule has 1 unspecified atom stereocenters. The summed E-state index contributed by atoms with van der Waals surface area (Å²) in [6.45, 7) is 1.96. The van der Waals surface area contributed by atoms with Crippen molar-refractivity contribution in [2.75, 3.05) is 0 Å². The molecule has 1 nitrogen and oxygen atoms in total.